The summed E-state index contributed by atoms with van der Waals surface area (Å²) < 4.78 is 0. The van der Waals surface area contributed by atoms with Crippen LogP contribution in [0.2, 0.25) is 0 Å². The van der Waals surface area contributed by atoms with Gasteiger partial charge in [0.2, 0.25) is 0 Å². The van der Waals surface area contributed by atoms with Crippen molar-refractivity contribution in [1.82, 2.24) is 10.2 Å². The lowest BCUT2D eigenvalue weighted by Crippen LogP contribution is -2.46. The third-order valence-electron chi connectivity index (χ3n) is 3.02. The SMILES string of the molecule is OC1CNC(C(O)N2CCCC2)C1. The maximum absolute atomic E-state index is 9.92. The average molecular weight is 186 g/mol. The van der Waals surface area contributed by atoms with E-state index in [1.807, 2.05) is 0 Å². The molecule has 3 atom stereocenters. The van der Waals surface area contributed by atoms with E-state index < -0.39 is 6.23 Å². The van der Waals surface area contributed by atoms with E-state index in [9.17, 15) is 10.2 Å². The van der Waals surface area contributed by atoms with Crippen molar-refractivity contribution in [2.45, 2.75) is 37.6 Å². The van der Waals surface area contributed by atoms with Crippen LogP contribution >= 0.6 is 0 Å². The smallest absolute Gasteiger partial charge is 0.122 e. The molecule has 3 N–H and O–H groups in total. The van der Waals surface area contributed by atoms with Gasteiger partial charge in [-0.05, 0) is 19.3 Å². The number of aliphatic hydroxyl groups is 2. The van der Waals surface area contributed by atoms with E-state index in [0.29, 0.717) is 13.0 Å². The highest BCUT2D eigenvalue weighted by atomic mass is 16.3. The van der Waals surface area contributed by atoms with E-state index in [1.165, 1.54) is 12.8 Å². The van der Waals surface area contributed by atoms with Crippen LogP contribution < -0.4 is 5.32 Å². The summed E-state index contributed by atoms with van der Waals surface area (Å²) in [6.45, 7) is 2.61. The molecule has 13 heavy (non-hydrogen) atoms. The summed E-state index contributed by atoms with van der Waals surface area (Å²) in [5, 5.41) is 22.4. The van der Waals surface area contributed by atoms with Crippen LogP contribution in [0.15, 0.2) is 0 Å². The first-order valence-corrected chi connectivity index (χ1v) is 5.11. The summed E-state index contributed by atoms with van der Waals surface area (Å²) in [4.78, 5) is 2.09. The predicted octanol–water partition coefficient (Wildman–Crippen LogP) is -0.877. The van der Waals surface area contributed by atoms with Crippen molar-refractivity contribution < 1.29 is 10.2 Å². The van der Waals surface area contributed by atoms with Gasteiger partial charge in [0, 0.05) is 25.7 Å². The average Bonchev–Trinajstić information content (AvgIpc) is 2.72. The molecule has 2 aliphatic heterocycles. The van der Waals surface area contributed by atoms with Crippen LogP contribution in [0.1, 0.15) is 19.3 Å². The second-order valence-corrected chi connectivity index (χ2v) is 4.06. The Morgan fingerprint density at radius 3 is 2.54 bits per heavy atom. The summed E-state index contributed by atoms with van der Waals surface area (Å²) in [5.41, 5.74) is 0. The zero-order valence-corrected chi connectivity index (χ0v) is 7.82. The summed E-state index contributed by atoms with van der Waals surface area (Å²) in [6.07, 6.45) is 2.37. The number of nitrogens with zero attached hydrogens (tertiary/aromatic N) is 1. The Morgan fingerprint density at radius 1 is 1.31 bits per heavy atom. The molecule has 2 rings (SSSR count). The number of aliphatic hydroxyl groups excluding tert-OH is 2. The van der Waals surface area contributed by atoms with Crippen molar-refractivity contribution in [1.29, 1.82) is 0 Å². The van der Waals surface area contributed by atoms with Crippen LogP contribution in [-0.2, 0) is 0 Å². The minimum absolute atomic E-state index is 0.0631. The maximum atomic E-state index is 9.92. The number of hydrogen-bond acceptors (Lipinski definition) is 4. The molecule has 2 aliphatic rings. The van der Waals surface area contributed by atoms with Crippen molar-refractivity contribution in [3.63, 3.8) is 0 Å². The van der Waals surface area contributed by atoms with Gasteiger partial charge < -0.3 is 15.5 Å². The number of nitrogens with one attached hydrogen (secondary N) is 1. The molecule has 0 aromatic rings. The van der Waals surface area contributed by atoms with Crippen LogP contribution in [0.5, 0.6) is 0 Å². The topological polar surface area (TPSA) is 55.7 Å². The van der Waals surface area contributed by atoms with Gasteiger partial charge in [0.15, 0.2) is 0 Å². The molecule has 0 spiro atoms. The molecular formula is C9H18N2O2. The fourth-order valence-corrected chi connectivity index (χ4v) is 2.23. The van der Waals surface area contributed by atoms with Gasteiger partial charge >= 0.3 is 0 Å². The lowest BCUT2D eigenvalue weighted by atomic mass is 10.1. The van der Waals surface area contributed by atoms with E-state index in [1.54, 1.807) is 0 Å². The first-order chi connectivity index (χ1) is 6.27. The van der Waals surface area contributed by atoms with Gasteiger partial charge in [-0.1, -0.05) is 0 Å². The van der Waals surface area contributed by atoms with Crippen molar-refractivity contribution >= 4 is 0 Å². The highest BCUT2D eigenvalue weighted by molar-refractivity contribution is 4.87. The lowest BCUT2D eigenvalue weighted by molar-refractivity contribution is -0.00749. The fourth-order valence-electron chi connectivity index (χ4n) is 2.23. The highest BCUT2D eigenvalue weighted by Crippen LogP contribution is 2.17. The summed E-state index contributed by atoms with van der Waals surface area (Å²) >= 11 is 0. The number of rotatable bonds is 2. The molecular weight excluding hydrogens is 168 g/mol. The lowest BCUT2D eigenvalue weighted by Gasteiger charge is -2.27. The molecule has 4 heteroatoms. The van der Waals surface area contributed by atoms with Crippen molar-refractivity contribution in [3.05, 3.63) is 0 Å². The van der Waals surface area contributed by atoms with Crippen LogP contribution in [0.4, 0.5) is 0 Å². The molecule has 2 heterocycles. The van der Waals surface area contributed by atoms with Crippen LogP contribution in [0.25, 0.3) is 0 Å². The Bertz CT molecular complexity index is 171. The summed E-state index contributed by atoms with van der Waals surface area (Å²) in [6, 6.07) is 0.0631. The predicted molar refractivity (Wildman–Crippen MR) is 49.2 cm³/mol. The summed E-state index contributed by atoms with van der Waals surface area (Å²) in [5.74, 6) is 0. The van der Waals surface area contributed by atoms with Crippen LogP contribution in [0, 0.1) is 0 Å². The Hall–Kier alpha value is -0.160. The van der Waals surface area contributed by atoms with Gasteiger partial charge in [-0.15, -0.1) is 0 Å². The Balaban J connectivity index is 1.85. The van der Waals surface area contributed by atoms with Crippen molar-refractivity contribution in [3.8, 4) is 0 Å². The molecule has 4 nitrogen and oxygen atoms in total. The second kappa shape index (κ2) is 3.92. The maximum Gasteiger partial charge on any atom is 0.122 e. The molecule has 3 unspecified atom stereocenters. The first-order valence-electron chi connectivity index (χ1n) is 5.11. The van der Waals surface area contributed by atoms with Gasteiger partial charge in [-0.3, -0.25) is 4.90 Å². The van der Waals surface area contributed by atoms with Crippen molar-refractivity contribution in [2.75, 3.05) is 19.6 Å². The van der Waals surface area contributed by atoms with Gasteiger partial charge in [0.25, 0.3) is 0 Å². The summed E-state index contributed by atoms with van der Waals surface area (Å²) in [7, 11) is 0. The molecule has 0 amide bonds. The quantitative estimate of drug-likeness (QED) is 0.524. The van der Waals surface area contributed by atoms with E-state index in [-0.39, 0.29) is 12.1 Å². The molecule has 2 fully saturated rings. The van der Waals surface area contributed by atoms with E-state index in [2.05, 4.69) is 10.2 Å². The molecule has 0 bridgehead atoms. The monoisotopic (exact) mass is 186 g/mol. The molecule has 0 saturated carbocycles. The Labute approximate surface area is 78.5 Å². The minimum atomic E-state index is -0.403. The zero-order valence-electron chi connectivity index (χ0n) is 7.82. The van der Waals surface area contributed by atoms with Gasteiger partial charge in [0.1, 0.15) is 6.23 Å². The number of hydrogen-bond donors (Lipinski definition) is 3. The molecule has 0 aliphatic carbocycles. The van der Waals surface area contributed by atoms with Crippen molar-refractivity contribution in [2.24, 2.45) is 0 Å². The largest absolute Gasteiger partial charge is 0.392 e. The van der Waals surface area contributed by atoms with E-state index in [4.69, 9.17) is 0 Å². The zero-order chi connectivity index (χ0) is 9.26. The molecule has 0 aromatic heterocycles. The van der Waals surface area contributed by atoms with E-state index >= 15 is 0 Å². The highest BCUT2D eigenvalue weighted by Gasteiger charge is 2.32. The second-order valence-electron chi connectivity index (χ2n) is 4.06. The van der Waals surface area contributed by atoms with Gasteiger partial charge in [-0.2, -0.15) is 0 Å². The Kier molecular flexibility index (Phi) is 2.83. The van der Waals surface area contributed by atoms with Crippen LogP contribution in [0.3, 0.4) is 0 Å². The third-order valence-corrected chi connectivity index (χ3v) is 3.02. The molecule has 76 valence electrons. The Morgan fingerprint density at radius 2 is 2.00 bits per heavy atom. The number of likely N-dealkylation sites (tertiary alicyclic amines) is 1. The van der Waals surface area contributed by atoms with Crippen LogP contribution in [-0.4, -0.2) is 53.1 Å². The van der Waals surface area contributed by atoms with Gasteiger partial charge in [-0.25, -0.2) is 0 Å². The number of β-amino-alcohol motifs (C(OH)–C–C–N with tert-alkyl or cyclic N) is 1. The van der Waals surface area contributed by atoms with Gasteiger partial charge in [0.05, 0.1) is 6.10 Å². The minimum Gasteiger partial charge on any atom is -0.392 e. The standard InChI is InChI=1S/C9H18N2O2/c12-7-5-8(10-6-7)9(13)11-3-1-2-4-11/h7-10,12-13H,1-6H2. The molecule has 2 saturated heterocycles. The third kappa shape index (κ3) is 2.02. The molecule has 0 radical (unpaired) electrons. The normalized spacial score (nSPS) is 38.3. The fraction of sp³-hybridized carbons (Fsp3) is 1.00. The first kappa shape index (κ1) is 9.40. The molecule has 0 aromatic carbocycles. The van der Waals surface area contributed by atoms with E-state index in [0.717, 1.165) is 13.1 Å².